The molecule has 2 heteroatoms. The first-order chi connectivity index (χ1) is 26.7. The van der Waals surface area contributed by atoms with Crippen molar-refractivity contribution in [2.24, 2.45) is 0 Å². The second-order valence-electron chi connectivity index (χ2n) is 14.2. The molecule has 0 aliphatic heterocycles. The van der Waals surface area contributed by atoms with Gasteiger partial charge in [0, 0.05) is 36.3 Å². The Morgan fingerprint density at radius 3 is 1.72 bits per heavy atom. The topological polar surface area (TPSA) is 13.1 Å². The fourth-order valence-electron chi connectivity index (χ4n) is 9.07. The zero-order valence-corrected chi connectivity index (χ0v) is 30.8. The van der Waals surface area contributed by atoms with Gasteiger partial charge >= 0.3 is 0 Å². The monoisotopic (exact) mass is 706 g/mol. The number of fused-ring (bicyclic) bond motifs is 10. The van der Waals surface area contributed by atoms with Gasteiger partial charge < -0.3 is 4.42 Å². The number of hydrogen-bond acceptors (Lipinski definition) is 2. The number of hydrogen-bond donors (Lipinski definition) is 0. The molecular weight excluding hydrogens is 673 g/mol. The molecule has 0 aliphatic carbocycles. The van der Waals surface area contributed by atoms with Crippen molar-refractivity contribution in [2.45, 2.75) is 13.8 Å². The molecule has 11 aromatic rings. The average molecular weight is 707 g/mol. The summed E-state index contributed by atoms with van der Waals surface area (Å²) < 4.78 is 9.25. The van der Waals surface area contributed by atoms with E-state index in [4.69, 9.17) is 4.42 Å². The fraction of sp³-hybridized carbons (Fsp3) is 0.0385. The summed E-state index contributed by atoms with van der Waals surface area (Å²) in [5, 5.41) is 14.8. The molecule has 0 fully saturated rings. The molecule has 9 aromatic carbocycles. The van der Waals surface area contributed by atoms with E-state index in [1.807, 2.05) is 11.3 Å². The van der Waals surface area contributed by atoms with Crippen LogP contribution in [0.4, 0.5) is 0 Å². The summed E-state index contributed by atoms with van der Waals surface area (Å²) in [4.78, 5) is 0. The minimum atomic E-state index is 0.917. The molecule has 254 valence electrons. The summed E-state index contributed by atoms with van der Waals surface area (Å²) in [6.45, 7) is 4.35. The van der Waals surface area contributed by atoms with Gasteiger partial charge in [-0.05, 0) is 115 Å². The van der Waals surface area contributed by atoms with Gasteiger partial charge in [0.05, 0.1) is 0 Å². The van der Waals surface area contributed by atoms with Crippen molar-refractivity contribution in [3.8, 4) is 33.4 Å². The van der Waals surface area contributed by atoms with E-state index in [0.29, 0.717) is 0 Å². The predicted molar refractivity (Wildman–Crippen MR) is 235 cm³/mol. The predicted octanol–water partition coefficient (Wildman–Crippen LogP) is 14.0. The molecule has 0 atom stereocenters. The van der Waals surface area contributed by atoms with Crippen molar-refractivity contribution in [1.29, 1.82) is 0 Å². The summed E-state index contributed by atoms with van der Waals surface area (Å²) in [7, 11) is 0. The standard InChI is InChI=1S/C52H34OS/c1-3-32-33(4-2)51(40-23-11-10-22-39(40)50(32)31-16-6-5-7-17-31)41-27-26-36(34-18-8-9-19-35(34)41)42-29-45-37-20-12-14-24-47(37)53-52(45)46-30-49-44(28-43(42)46)38-21-13-15-25-48(38)54-49/h3-30H,1-2H3/b32-3+,33-4+. The van der Waals surface area contributed by atoms with Gasteiger partial charge in [0.1, 0.15) is 11.2 Å². The van der Waals surface area contributed by atoms with Crippen LogP contribution in [-0.4, -0.2) is 0 Å². The molecule has 0 N–H and O–H groups in total. The van der Waals surface area contributed by atoms with Gasteiger partial charge in [-0.15, -0.1) is 11.3 Å². The van der Waals surface area contributed by atoms with Crippen molar-refractivity contribution >= 4 is 97.9 Å². The molecule has 0 bridgehead atoms. The molecule has 1 nitrogen and oxygen atoms in total. The zero-order valence-electron chi connectivity index (χ0n) is 30.0. The average Bonchev–Trinajstić information content (AvgIpc) is 3.80. The maximum Gasteiger partial charge on any atom is 0.143 e. The molecule has 0 radical (unpaired) electrons. The Balaban J connectivity index is 1.26. The first-order valence-electron chi connectivity index (χ1n) is 18.7. The van der Waals surface area contributed by atoms with Gasteiger partial charge in [0.2, 0.25) is 0 Å². The molecule has 54 heavy (non-hydrogen) atoms. The summed E-state index contributed by atoms with van der Waals surface area (Å²) in [6, 6.07) is 57.8. The molecular formula is C52H34OS. The van der Waals surface area contributed by atoms with Crippen LogP contribution in [0, 0.1) is 0 Å². The van der Waals surface area contributed by atoms with Crippen molar-refractivity contribution in [3.63, 3.8) is 0 Å². The molecule has 11 rings (SSSR count). The van der Waals surface area contributed by atoms with Crippen LogP contribution in [0.5, 0.6) is 0 Å². The van der Waals surface area contributed by atoms with E-state index in [1.54, 1.807) is 0 Å². The summed E-state index contributed by atoms with van der Waals surface area (Å²) >= 11 is 1.86. The fourth-order valence-corrected chi connectivity index (χ4v) is 10.2. The van der Waals surface area contributed by atoms with Crippen LogP contribution in [-0.2, 0) is 0 Å². The Bertz CT molecular complexity index is 3450. The van der Waals surface area contributed by atoms with E-state index in [1.165, 1.54) is 90.9 Å². The van der Waals surface area contributed by atoms with E-state index >= 15 is 0 Å². The normalized spacial score (nSPS) is 12.9. The van der Waals surface area contributed by atoms with Gasteiger partial charge in [-0.2, -0.15) is 0 Å². The third-order valence-corrected chi connectivity index (χ3v) is 12.5. The number of furan rings is 1. The lowest BCUT2D eigenvalue weighted by atomic mass is 9.84. The molecule has 0 amide bonds. The smallest absolute Gasteiger partial charge is 0.143 e. The van der Waals surface area contributed by atoms with E-state index < -0.39 is 0 Å². The van der Waals surface area contributed by atoms with E-state index in [-0.39, 0.29) is 0 Å². The number of benzene rings is 9. The number of rotatable bonds is 3. The van der Waals surface area contributed by atoms with Crippen molar-refractivity contribution in [3.05, 3.63) is 168 Å². The lowest BCUT2D eigenvalue weighted by molar-refractivity contribution is 0.673. The molecule has 0 saturated heterocycles. The third-order valence-electron chi connectivity index (χ3n) is 11.4. The Labute approximate surface area is 316 Å². The van der Waals surface area contributed by atoms with E-state index in [9.17, 15) is 0 Å². The van der Waals surface area contributed by atoms with Crippen molar-refractivity contribution in [1.82, 2.24) is 0 Å². The van der Waals surface area contributed by atoms with Crippen LogP contribution in [0.3, 0.4) is 0 Å². The maximum absolute atomic E-state index is 6.67. The summed E-state index contributed by atoms with van der Waals surface area (Å²) in [6.07, 6.45) is 4.59. The Kier molecular flexibility index (Phi) is 6.92. The molecule has 2 heterocycles. The van der Waals surface area contributed by atoms with Crippen LogP contribution in [0.25, 0.3) is 120 Å². The van der Waals surface area contributed by atoms with Crippen LogP contribution in [0.2, 0.25) is 0 Å². The maximum atomic E-state index is 6.67. The Hall–Kier alpha value is -6.48. The highest BCUT2D eigenvalue weighted by Crippen LogP contribution is 2.46. The van der Waals surface area contributed by atoms with Gasteiger partial charge in [0.15, 0.2) is 0 Å². The Morgan fingerprint density at radius 2 is 0.963 bits per heavy atom. The Morgan fingerprint density at radius 1 is 0.389 bits per heavy atom. The van der Waals surface area contributed by atoms with Crippen molar-refractivity contribution < 1.29 is 4.42 Å². The highest BCUT2D eigenvalue weighted by atomic mass is 32.1. The lowest BCUT2D eigenvalue weighted by Gasteiger charge is -2.19. The number of para-hydroxylation sites is 1. The zero-order chi connectivity index (χ0) is 35.9. The second-order valence-corrected chi connectivity index (χ2v) is 15.2. The largest absolute Gasteiger partial charge is 0.455 e. The summed E-state index contributed by atoms with van der Waals surface area (Å²) in [5.41, 5.74) is 9.34. The van der Waals surface area contributed by atoms with Gasteiger partial charge in [-0.1, -0.05) is 140 Å². The minimum Gasteiger partial charge on any atom is -0.455 e. The van der Waals surface area contributed by atoms with Crippen LogP contribution in [0.15, 0.2) is 162 Å². The second kappa shape index (κ2) is 12.0. The van der Waals surface area contributed by atoms with Gasteiger partial charge in [0.25, 0.3) is 0 Å². The molecule has 0 unspecified atom stereocenters. The quantitative estimate of drug-likeness (QED) is 0.178. The highest BCUT2D eigenvalue weighted by molar-refractivity contribution is 7.25. The lowest BCUT2D eigenvalue weighted by Crippen LogP contribution is -2.29. The number of thiophene rings is 1. The minimum absolute atomic E-state index is 0.917. The van der Waals surface area contributed by atoms with E-state index in [0.717, 1.165) is 27.3 Å². The van der Waals surface area contributed by atoms with Crippen LogP contribution < -0.4 is 10.4 Å². The van der Waals surface area contributed by atoms with Crippen LogP contribution >= 0.6 is 11.3 Å². The first-order valence-corrected chi connectivity index (χ1v) is 19.5. The van der Waals surface area contributed by atoms with E-state index in [2.05, 4.69) is 184 Å². The van der Waals surface area contributed by atoms with Crippen molar-refractivity contribution in [2.75, 3.05) is 0 Å². The van der Waals surface area contributed by atoms with Gasteiger partial charge in [-0.3, -0.25) is 0 Å². The van der Waals surface area contributed by atoms with Crippen LogP contribution in [0.1, 0.15) is 13.8 Å². The molecule has 0 aliphatic rings. The SMILES string of the molecule is C/C=c1/c(-c2ccccc2)c2ccccc2c(-c2ccc(-c3cc4c5ccccc5oc4c4cc5sc6ccccc6c5cc34)c3ccccc23)/c1=C/C. The highest BCUT2D eigenvalue weighted by Gasteiger charge is 2.21. The molecule has 2 aromatic heterocycles. The van der Waals surface area contributed by atoms with Gasteiger partial charge in [-0.25, -0.2) is 0 Å². The molecule has 0 saturated carbocycles. The third kappa shape index (κ3) is 4.44. The first kappa shape index (κ1) is 31.1. The summed E-state index contributed by atoms with van der Waals surface area (Å²) in [5.74, 6) is 0. The molecule has 0 spiro atoms.